The number of hydrogen-bond acceptors (Lipinski definition) is 5. The van der Waals surface area contributed by atoms with E-state index in [9.17, 15) is 19.2 Å². The number of ether oxygens (including phenoxy) is 1. The van der Waals surface area contributed by atoms with Crippen LogP contribution in [0.25, 0.3) is 6.08 Å². The summed E-state index contributed by atoms with van der Waals surface area (Å²) in [5.74, 6) is -2.96. The molecule has 8 nitrogen and oxygen atoms in total. The van der Waals surface area contributed by atoms with E-state index in [2.05, 4.69) is 21.2 Å². The second-order valence-electron chi connectivity index (χ2n) is 6.39. The van der Waals surface area contributed by atoms with Gasteiger partial charge in [-0.05, 0) is 54.5 Å². The molecule has 1 saturated heterocycles. The number of aryl methyl sites for hydroxylation is 1. The van der Waals surface area contributed by atoms with Crippen LogP contribution in [0.3, 0.4) is 0 Å². The fourth-order valence-electron chi connectivity index (χ4n) is 2.76. The third-order valence-electron chi connectivity index (χ3n) is 4.17. The van der Waals surface area contributed by atoms with Gasteiger partial charge in [-0.1, -0.05) is 39.1 Å². The van der Waals surface area contributed by atoms with Gasteiger partial charge >= 0.3 is 12.0 Å². The predicted molar refractivity (Wildman–Crippen MR) is 117 cm³/mol. The summed E-state index contributed by atoms with van der Waals surface area (Å²) in [4.78, 5) is 49.1. The second kappa shape index (κ2) is 9.09. The molecular weight excluding hydrogens is 515 g/mol. The number of hydrogen-bond donors (Lipinski definition) is 2. The third-order valence-corrected chi connectivity index (χ3v) is 5.62. The Bertz CT molecular complexity index is 1140. The van der Waals surface area contributed by atoms with E-state index in [0.29, 0.717) is 0 Å². The van der Waals surface area contributed by atoms with Gasteiger partial charge in [0.05, 0.1) is 15.7 Å². The molecule has 160 valence electrons. The number of carbonyl (C=O) groups excluding carboxylic acids is 3. The van der Waals surface area contributed by atoms with Crippen molar-refractivity contribution in [1.82, 2.24) is 5.32 Å². The van der Waals surface area contributed by atoms with Crippen molar-refractivity contribution in [2.24, 2.45) is 0 Å². The first-order valence-corrected chi connectivity index (χ1v) is 10.1. The number of nitrogens with one attached hydrogen (secondary N) is 1. The van der Waals surface area contributed by atoms with E-state index in [1.165, 1.54) is 18.2 Å². The molecule has 0 bridgehead atoms. The topological polar surface area (TPSA) is 113 Å². The Morgan fingerprint density at radius 1 is 1.19 bits per heavy atom. The van der Waals surface area contributed by atoms with E-state index in [1.54, 1.807) is 25.1 Å². The van der Waals surface area contributed by atoms with Crippen LogP contribution in [0.5, 0.6) is 5.75 Å². The zero-order chi connectivity index (χ0) is 22.9. The van der Waals surface area contributed by atoms with Crippen LogP contribution in [0, 0.1) is 6.92 Å². The van der Waals surface area contributed by atoms with Crippen LogP contribution in [-0.4, -0.2) is 35.5 Å². The molecule has 0 aromatic heterocycles. The van der Waals surface area contributed by atoms with Crippen LogP contribution in [0.15, 0.2) is 40.4 Å². The molecule has 1 aliphatic heterocycles. The molecule has 2 aromatic rings. The number of anilines is 1. The molecule has 1 aliphatic rings. The highest BCUT2D eigenvalue weighted by atomic mass is 79.9. The van der Waals surface area contributed by atoms with Crippen molar-refractivity contribution in [1.29, 1.82) is 0 Å². The monoisotopic (exact) mass is 526 g/mol. The highest BCUT2D eigenvalue weighted by Gasteiger charge is 2.37. The smallest absolute Gasteiger partial charge is 0.341 e. The van der Waals surface area contributed by atoms with Crippen molar-refractivity contribution in [3.63, 3.8) is 0 Å². The van der Waals surface area contributed by atoms with Crippen molar-refractivity contribution in [2.45, 2.75) is 6.92 Å². The fraction of sp³-hybridized carbons (Fsp3) is 0.100. The Hall–Kier alpha value is -2.88. The summed E-state index contributed by atoms with van der Waals surface area (Å²) < 4.78 is 5.83. The van der Waals surface area contributed by atoms with Crippen LogP contribution in [0.1, 0.15) is 11.1 Å². The van der Waals surface area contributed by atoms with Gasteiger partial charge in [0.25, 0.3) is 11.8 Å². The van der Waals surface area contributed by atoms with Gasteiger partial charge in [-0.15, -0.1) is 0 Å². The van der Waals surface area contributed by atoms with E-state index in [-0.39, 0.29) is 32.6 Å². The summed E-state index contributed by atoms with van der Waals surface area (Å²) in [5.41, 5.74) is 1.04. The Morgan fingerprint density at radius 3 is 2.42 bits per heavy atom. The summed E-state index contributed by atoms with van der Waals surface area (Å²) in [5, 5.41) is 10.8. The zero-order valence-electron chi connectivity index (χ0n) is 15.7. The lowest BCUT2D eigenvalue weighted by atomic mass is 10.1. The van der Waals surface area contributed by atoms with Crippen molar-refractivity contribution in [3.8, 4) is 5.75 Å². The first-order valence-electron chi connectivity index (χ1n) is 8.59. The maximum Gasteiger partial charge on any atom is 0.341 e. The molecule has 0 saturated carbocycles. The Kier molecular flexibility index (Phi) is 6.68. The minimum atomic E-state index is -1.21. The standard InChI is InChI=1S/C20H13BrCl2N2O6/c1-9-4-11(2-3-13(9)21)25-19(29)12(18(28)24-20(25)30)5-10-6-14(22)17(15(23)7-10)31-8-16(26)27/h2-7H,8H2,1H3,(H,26,27)(H,24,28,30)/b12-5+. The SMILES string of the molecule is Cc1cc(N2C(=O)NC(=O)/C(=C\c3cc(Cl)c(OCC(=O)O)c(Cl)c3)C2=O)ccc1Br. The van der Waals surface area contributed by atoms with E-state index in [1.807, 2.05) is 0 Å². The van der Waals surface area contributed by atoms with E-state index in [4.69, 9.17) is 33.0 Å². The van der Waals surface area contributed by atoms with Crippen LogP contribution < -0.4 is 15.0 Å². The number of carboxylic acid groups (broad SMARTS) is 1. The maximum atomic E-state index is 13.0. The molecule has 1 heterocycles. The van der Waals surface area contributed by atoms with Crippen LogP contribution >= 0.6 is 39.1 Å². The molecule has 0 radical (unpaired) electrons. The van der Waals surface area contributed by atoms with Gasteiger partial charge < -0.3 is 9.84 Å². The summed E-state index contributed by atoms with van der Waals surface area (Å²) >= 11 is 15.6. The Labute approximate surface area is 194 Å². The molecule has 0 atom stereocenters. The molecule has 0 aliphatic carbocycles. The summed E-state index contributed by atoms with van der Waals surface area (Å²) in [6, 6.07) is 6.69. The van der Waals surface area contributed by atoms with Gasteiger partial charge in [0, 0.05) is 4.47 Å². The van der Waals surface area contributed by atoms with Crippen LogP contribution in [-0.2, 0) is 14.4 Å². The average Bonchev–Trinajstić information content (AvgIpc) is 2.67. The van der Waals surface area contributed by atoms with Crippen molar-refractivity contribution < 1.29 is 29.0 Å². The molecule has 2 N–H and O–H groups in total. The molecule has 3 rings (SSSR count). The highest BCUT2D eigenvalue weighted by Crippen LogP contribution is 2.35. The van der Waals surface area contributed by atoms with E-state index >= 15 is 0 Å². The summed E-state index contributed by atoms with van der Waals surface area (Å²) in [6.07, 6.45) is 1.22. The largest absolute Gasteiger partial charge is 0.479 e. The van der Waals surface area contributed by atoms with E-state index in [0.717, 1.165) is 14.9 Å². The van der Waals surface area contributed by atoms with Gasteiger partial charge in [-0.25, -0.2) is 14.5 Å². The van der Waals surface area contributed by atoms with Crippen LogP contribution in [0.4, 0.5) is 10.5 Å². The number of aliphatic carboxylic acids is 1. The Balaban J connectivity index is 1.98. The summed E-state index contributed by atoms with van der Waals surface area (Å²) in [6.45, 7) is 1.14. The number of carboxylic acids is 1. The number of rotatable bonds is 5. The number of imide groups is 2. The molecule has 11 heteroatoms. The number of benzene rings is 2. The normalized spacial score (nSPS) is 15.3. The summed E-state index contributed by atoms with van der Waals surface area (Å²) in [7, 11) is 0. The molecule has 2 aromatic carbocycles. The molecule has 4 amide bonds. The van der Waals surface area contributed by atoms with Gasteiger partial charge in [0.2, 0.25) is 0 Å². The highest BCUT2D eigenvalue weighted by molar-refractivity contribution is 9.10. The van der Waals surface area contributed by atoms with Gasteiger partial charge in [0.1, 0.15) is 5.57 Å². The van der Waals surface area contributed by atoms with Gasteiger partial charge in [-0.2, -0.15) is 0 Å². The lowest BCUT2D eigenvalue weighted by molar-refractivity contribution is -0.139. The first kappa shape index (κ1) is 22.8. The fourth-order valence-corrected chi connectivity index (χ4v) is 3.62. The number of carbonyl (C=O) groups is 4. The Morgan fingerprint density at radius 2 is 1.84 bits per heavy atom. The van der Waals surface area contributed by atoms with E-state index < -0.39 is 30.4 Å². The third kappa shape index (κ3) is 4.90. The number of amides is 4. The van der Waals surface area contributed by atoms with Gasteiger partial charge in [0.15, 0.2) is 12.4 Å². The zero-order valence-corrected chi connectivity index (χ0v) is 18.8. The number of halogens is 3. The maximum absolute atomic E-state index is 13.0. The first-order chi connectivity index (χ1) is 14.6. The lowest BCUT2D eigenvalue weighted by Crippen LogP contribution is -2.54. The molecule has 31 heavy (non-hydrogen) atoms. The lowest BCUT2D eigenvalue weighted by Gasteiger charge is -2.26. The average molecular weight is 528 g/mol. The predicted octanol–water partition coefficient (Wildman–Crippen LogP) is 4.19. The van der Waals surface area contributed by atoms with Crippen molar-refractivity contribution in [3.05, 3.63) is 61.5 Å². The number of urea groups is 1. The van der Waals surface area contributed by atoms with Crippen LogP contribution in [0.2, 0.25) is 10.0 Å². The number of barbiturate groups is 1. The van der Waals surface area contributed by atoms with Crippen molar-refractivity contribution >= 4 is 74.7 Å². The minimum Gasteiger partial charge on any atom is -0.479 e. The van der Waals surface area contributed by atoms with Gasteiger partial charge in [-0.3, -0.25) is 14.9 Å². The second-order valence-corrected chi connectivity index (χ2v) is 8.06. The molecule has 0 spiro atoms. The minimum absolute atomic E-state index is 0.0132. The molecular formula is C20H13BrCl2N2O6. The van der Waals surface area contributed by atoms with Crippen molar-refractivity contribution in [2.75, 3.05) is 11.5 Å². The molecule has 1 fully saturated rings. The molecule has 0 unspecified atom stereocenters. The number of nitrogens with zero attached hydrogens (tertiary/aromatic N) is 1. The quantitative estimate of drug-likeness (QED) is 0.445.